The number of nitrogen functional groups attached to an aromatic ring is 1. The van der Waals surface area contributed by atoms with E-state index in [-0.39, 0.29) is 5.91 Å². The van der Waals surface area contributed by atoms with Crippen molar-refractivity contribution in [3.63, 3.8) is 0 Å². The number of hydrogen-bond acceptors (Lipinski definition) is 5. The predicted octanol–water partition coefficient (Wildman–Crippen LogP) is 1.62. The summed E-state index contributed by atoms with van der Waals surface area (Å²) in [5.41, 5.74) is 6.44. The van der Waals surface area contributed by atoms with Crippen LogP contribution in [0.3, 0.4) is 0 Å². The fraction of sp³-hybridized carbons (Fsp3) is 0.500. The lowest BCUT2D eigenvalue weighted by Gasteiger charge is -2.07. The second-order valence-electron chi connectivity index (χ2n) is 4.77. The number of aryl methyl sites for hydroxylation is 3. The summed E-state index contributed by atoms with van der Waals surface area (Å²) in [6.07, 6.45) is 6.72. The second-order valence-corrected chi connectivity index (χ2v) is 5.66. The number of carbonyl (C=O) groups excluding carboxylic acids is 1. The molecule has 0 saturated heterocycles. The van der Waals surface area contributed by atoms with E-state index in [1.54, 1.807) is 0 Å². The third kappa shape index (κ3) is 4.86. The largest absolute Gasteiger partial charge is 0.375 e. The minimum absolute atomic E-state index is 0.0583. The average molecular weight is 307 g/mol. The van der Waals surface area contributed by atoms with Gasteiger partial charge in [-0.15, -0.1) is 11.3 Å². The number of anilines is 1. The van der Waals surface area contributed by atoms with Gasteiger partial charge < -0.3 is 15.6 Å². The van der Waals surface area contributed by atoms with E-state index >= 15 is 0 Å². The van der Waals surface area contributed by atoms with Gasteiger partial charge in [0.25, 0.3) is 0 Å². The van der Waals surface area contributed by atoms with Crippen LogP contribution in [0.1, 0.15) is 31.3 Å². The minimum atomic E-state index is 0.0583. The molecule has 0 aliphatic rings. The third-order valence-corrected chi connectivity index (χ3v) is 3.92. The normalized spacial score (nSPS) is 10.7. The highest BCUT2D eigenvalue weighted by atomic mass is 32.1. The molecule has 0 bridgehead atoms. The number of nitrogens with one attached hydrogen (secondary N) is 1. The van der Waals surface area contributed by atoms with Crippen molar-refractivity contribution in [3.8, 4) is 0 Å². The number of aromatic nitrogens is 3. The van der Waals surface area contributed by atoms with Crippen LogP contribution in [0.2, 0.25) is 0 Å². The summed E-state index contributed by atoms with van der Waals surface area (Å²) < 4.78 is 2.13. The zero-order valence-electron chi connectivity index (χ0n) is 12.2. The summed E-state index contributed by atoms with van der Waals surface area (Å²) in [5, 5.41) is 5.38. The smallest absolute Gasteiger partial charge is 0.220 e. The van der Waals surface area contributed by atoms with Gasteiger partial charge in [-0.05, 0) is 12.8 Å². The van der Waals surface area contributed by atoms with E-state index in [9.17, 15) is 4.79 Å². The maximum absolute atomic E-state index is 11.7. The number of thiazole rings is 1. The highest BCUT2D eigenvalue weighted by Gasteiger charge is 2.05. The Bertz CT molecular complexity index is 577. The van der Waals surface area contributed by atoms with Gasteiger partial charge in [0.15, 0.2) is 5.13 Å². The second kappa shape index (κ2) is 7.78. The molecule has 0 aliphatic heterocycles. The summed E-state index contributed by atoms with van der Waals surface area (Å²) in [5.74, 6) is 1.14. The first-order valence-corrected chi connectivity index (χ1v) is 8.03. The molecule has 2 aromatic rings. The molecule has 6 nitrogen and oxygen atoms in total. The van der Waals surface area contributed by atoms with E-state index < -0.39 is 0 Å². The van der Waals surface area contributed by atoms with Crippen LogP contribution in [-0.4, -0.2) is 27.0 Å². The fourth-order valence-electron chi connectivity index (χ4n) is 2.10. The van der Waals surface area contributed by atoms with Crippen LogP contribution >= 0.6 is 11.3 Å². The molecule has 0 radical (unpaired) electrons. The highest BCUT2D eigenvalue weighted by Crippen LogP contribution is 2.12. The summed E-state index contributed by atoms with van der Waals surface area (Å²) in [7, 11) is 0. The molecular weight excluding hydrogens is 286 g/mol. The molecule has 0 unspecified atom stereocenters. The van der Waals surface area contributed by atoms with Gasteiger partial charge in [-0.1, -0.05) is 6.92 Å². The van der Waals surface area contributed by atoms with E-state index in [4.69, 9.17) is 5.73 Å². The van der Waals surface area contributed by atoms with Crippen molar-refractivity contribution < 1.29 is 4.79 Å². The van der Waals surface area contributed by atoms with Gasteiger partial charge in [0.05, 0.1) is 5.69 Å². The number of rotatable bonds is 8. The molecule has 2 aromatic heterocycles. The van der Waals surface area contributed by atoms with Crippen molar-refractivity contribution >= 4 is 22.4 Å². The van der Waals surface area contributed by atoms with Gasteiger partial charge in [-0.25, -0.2) is 9.97 Å². The minimum Gasteiger partial charge on any atom is -0.375 e. The molecule has 1 amide bonds. The summed E-state index contributed by atoms with van der Waals surface area (Å²) in [4.78, 5) is 20.1. The molecular formula is C14H21N5OS. The van der Waals surface area contributed by atoms with Gasteiger partial charge in [0.1, 0.15) is 5.82 Å². The van der Waals surface area contributed by atoms with Gasteiger partial charge in [-0.3, -0.25) is 4.79 Å². The van der Waals surface area contributed by atoms with E-state index in [0.29, 0.717) is 24.5 Å². The Labute approximate surface area is 128 Å². The SMILES string of the molecule is CCc1nccn1CCCNC(=O)CCc1csc(N)n1. The molecule has 114 valence electrons. The number of nitrogens with two attached hydrogens (primary N) is 1. The Hall–Kier alpha value is -1.89. The summed E-state index contributed by atoms with van der Waals surface area (Å²) >= 11 is 1.41. The van der Waals surface area contributed by atoms with Crippen molar-refractivity contribution in [3.05, 3.63) is 29.3 Å². The molecule has 0 spiro atoms. The van der Waals surface area contributed by atoms with Crippen LogP contribution in [0, 0.1) is 0 Å². The van der Waals surface area contributed by atoms with Gasteiger partial charge in [0.2, 0.25) is 5.91 Å². The van der Waals surface area contributed by atoms with E-state index in [1.165, 1.54) is 11.3 Å². The maximum atomic E-state index is 11.7. The first kappa shape index (κ1) is 15.5. The van der Waals surface area contributed by atoms with Crippen molar-refractivity contribution in [2.45, 2.75) is 39.2 Å². The lowest BCUT2D eigenvalue weighted by Crippen LogP contribution is -2.25. The first-order valence-electron chi connectivity index (χ1n) is 7.15. The topological polar surface area (TPSA) is 85.8 Å². The number of carbonyl (C=O) groups is 1. The highest BCUT2D eigenvalue weighted by molar-refractivity contribution is 7.13. The predicted molar refractivity (Wildman–Crippen MR) is 84.1 cm³/mol. The average Bonchev–Trinajstić information content (AvgIpc) is 3.09. The van der Waals surface area contributed by atoms with Crippen LogP contribution in [0.25, 0.3) is 0 Å². The zero-order valence-corrected chi connectivity index (χ0v) is 13.0. The molecule has 2 heterocycles. The number of nitrogens with zero attached hydrogens (tertiary/aromatic N) is 3. The molecule has 21 heavy (non-hydrogen) atoms. The Morgan fingerprint density at radius 1 is 1.52 bits per heavy atom. The summed E-state index contributed by atoms with van der Waals surface area (Å²) in [6.45, 7) is 3.65. The van der Waals surface area contributed by atoms with Crippen molar-refractivity contribution in [1.82, 2.24) is 19.9 Å². The fourth-order valence-corrected chi connectivity index (χ4v) is 2.70. The first-order chi connectivity index (χ1) is 10.2. The molecule has 0 aliphatic carbocycles. The lowest BCUT2D eigenvalue weighted by atomic mass is 10.2. The van der Waals surface area contributed by atoms with Gasteiger partial charge in [0, 0.05) is 43.7 Å². The Kier molecular flexibility index (Phi) is 5.74. The lowest BCUT2D eigenvalue weighted by molar-refractivity contribution is -0.121. The van der Waals surface area contributed by atoms with Crippen LogP contribution < -0.4 is 11.1 Å². The number of imidazole rings is 1. The van der Waals surface area contributed by atoms with Crippen LogP contribution in [0.5, 0.6) is 0 Å². The van der Waals surface area contributed by atoms with E-state index in [1.807, 2.05) is 17.8 Å². The van der Waals surface area contributed by atoms with Crippen LogP contribution in [0.4, 0.5) is 5.13 Å². The molecule has 2 rings (SSSR count). The van der Waals surface area contributed by atoms with Crippen molar-refractivity contribution in [1.29, 1.82) is 0 Å². The van der Waals surface area contributed by atoms with Gasteiger partial charge >= 0.3 is 0 Å². The molecule has 0 saturated carbocycles. The quantitative estimate of drug-likeness (QED) is 0.726. The number of amides is 1. The molecule has 0 fully saturated rings. The monoisotopic (exact) mass is 307 g/mol. The standard InChI is InChI=1S/C14H21N5OS/c1-2-12-16-7-9-19(12)8-3-6-17-13(20)5-4-11-10-21-14(15)18-11/h7,9-10H,2-6,8H2,1H3,(H2,15,18)(H,17,20). The van der Waals surface area contributed by atoms with Crippen LogP contribution in [-0.2, 0) is 24.2 Å². The number of hydrogen-bond donors (Lipinski definition) is 2. The van der Waals surface area contributed by atoms with E-state index in [2.05, 4.69) is 26.8 Å². The van der Waals surface area contributed by atoms with Crippen molar-refractivity contribution in [2.24, 2.45) is 0 Å². The summed E-state index contributed by atoms with van der Waals surface area (Å²) in [6, 6.07) is 0. The maximum Gasteiger partial charge on any atom is 0.220 e. The Balaban J connectivity index is 1.61. The Morgan fingerprint density at radius 2 is 2.38 bits per heavy atom. The molecule has 0 atom stereocenters. The van der Waals surface area contributed by atoms with Crippen LogP contribution in [0.15, 0.2) is 17.8 Å². The molecule has 7 heteroatoms. The molecule has 0 aromatic carbocycles. The Morgan fingerprint density at radius 3 is 3.10 bits per heavy atom. The van der Waals surface area contributed by atoms with E-state index in [0.717, 1.165) is 30.9 Å². The van der Waals surface area contributed by atoms with Crippen molar-refractivity contribution in [2.75, 3.05) is 12.3 Å². The zero-order chi connectivity index (χ0) is 15.1. The molecule has 3 N–H and O–H groups in total. The van der Waals surface area contributed by atoms with Gasteiger partial charge in [-0.2, -0.15) is 0 Å². The third-order valence-electron chi connectivity index (χ3n) is 3.19.